The molecule has 0 heterocycles. The molecule has 6 nitrogen and oxygen atoms in total. The predicted molar refractivity (Wildman–Crippen MR) is 129 cm³/mol. The summed E-state index contributed by atoms with van der Waals surface area (Å²) >= 11 is 0. The van der Waals surface area contributed by atoms with Crippen molar-refractivity contribution in [2.24, 2.45) is 0 Å². The predicted octanol–water partition coefficient (Wildman–Crippen LogP) is 4.74. The van der Waals surface area contributed by atoms with Gasteiger partial charge in [-0.2, -0.15) is 0 Å². The van der Waals surface area contributed by atoms with E-state index < -0.39 is 0 Å². The number of anilines is 1. The molecule has 3 aromatic carbocycles. The number of carbonyl (C=O) groups is 1. The van der Waals surface area contributed by atoms with Gasteiger partial charge in [-0.25, -0.2) is 0 Å². The third kappa shape index (κ3) is 7.18. The molecule has 3 rings (SSSR count). The van der Waals surface area contributed by atoms with E-state index in [4.69, 9.17) is 14.2 Å². The number of ether oxygens (including phenoxy) is 3. The summed E-state index contributed by atoms with van der Waals surface area (Å²) < 4.78 is 16.5. The Morgan fingerprint density at radius 2 is 1.56 bits per heavy atom. The molecule has 0 fully saturated rings. The molecule has 0 atom stereocenters. The van der Waals surface area contributed by atoms with Crippen LogP contribution in [0, 0.1) is 6.92 Å². The third-order valence-corrected chi connectivity index (χ3v) is 4.76. The van der Waals surface area contributed by atoms with E-state index in [1.54, 1.807) is 14.2 Å². The van der Waals surface area contributed by atoms with E-state index in [0.29, 0.717) is 24.6 Å². The minimum Gasteiger partial charge on any atom is -0.496 e. The van der Waals surface area contributed by atoms with Crippen molar-refractivity contribution in [2.45, 2.75) is 20.0 Å². The molecule has 0 saturated heterocycles. The molecule has 0 aliphatic rings. The number of benzene rings is 3. The van der Waals surface area contributed by atoms with E-state index in [0.717, 1.165) is 28.1 Å². The number of methoxy groups -OCH3 is 2. The van der Waals surface area contributed by atoms with Gasteiger partial charge in [0.15, 0.2) is 18.1 Å². The highest BCUT2D eigenvalue weighted by atomic mass is 35.5. The van der Waals surface area contributed by atoms with Crippen LogP contribution < -0.4 is 24.8 Å². The molecular weight excluding hydrogens is 428 g/mol. The molecular formula is C25H29ClN2O4. The molecule has 0 unspecified atom stereocenters. The molecule has 3 aromatic rings. The van der Waals surface area contributed by atoms with Crippen molar-refractivity contribution < 1.29 is 19.0 Å². The number of rotatable bonds is 10. The first kappa shape index (κ1) is 25.0. The standard InChI is InChI=1S/C25H28N2O4.ClH/c1-18-8-11-21(12-9-18)27-25(28)17-31-23-13-10-19(14-24(23)30-3)15-26-16-20-6-4-5-7-22(20)29-2;/h4-14,26H,15-17H2,1-3H3,(H,27,28);1H. The number of carbonyl (C=O) groups excluding carboxylic acids is 1. The Balaban J connectivity index is 0.00000363. The Morgan fingerprint density at radius 1 is 0.844 bits per heavy atom. The maximum Gasteiger partial charge on any atom is 0.262 e. The number of nitrogens with one attached hydrogen (secondary N) is 2. The largest absolute Gasteiger partial charge is 0.496 e. The van der Waals surface area contributed by atoms with Gasteiger partial charge in [0.2, 0.25) is 0 Å². The van der Waals surface area contributed by atoms with Gasteiger partial charge in [0.1, 0.15) is 5.75 Å². The van der Waals surface area contributed by atoms with E-state index in [1.807, 2.05) is 73.7 Å². The Labute approximate surface area is 195 Å². The highest BCUT2D eigenvalue weighted by molar-refractivity contribution is 5.91. The summed E-state index contributed by atoms with van der Waals surface area (Å²) in [7, 11) is 3.25. The van der Waals surface area contributed by atoms with Gasteiger partial charge < -0.3 is 24.8 Å². The van der Waals surface area contributed by atoms with Crippen LogP contribution in [0.15, 0.2) is 66.7 Å². The lowest BCUT2D eigenvalue weighted by atomic mass is 10.1. The Kier molecular flexibility index (Phi) is 9.85. The number of aryl methyl sites for hydroxylation is 1. The quantitative estimate of drug-likeness (QED) is 0.461. The van der Waals surface area contributed by atoms with Gasteiger partial charge in [0, 0.05) is 24.3 Å². The number of amides is 1. The second-order valence-electron chi connectivity index (χ2n) is 7.10. The maximum atomic E-state index is 12.2. The highest BCUT2D eigenvalue weighted by Crippen LogP contribution is 2.28. The van der Waals surface area contributed by atoms with Crippen molar-refractivity contribution in [3.8, 4) is 17.2 Å². The molecule has 7 heteroatoms. The van der Waals surface area contributed by atoms with Gasteiger partial charge in [-0.1, -0.05) is 42.0 Å². The summed E-state index contributed by atoms with van der Waals surface area (Å²) in [4.78, 5) is 12.2. The van der Waals surface area contributed by atoms with Gasteiger partial charge in [-0.15, -0.1) is 12.4 Å². The van der Waals surface area contributed by atoms with E-state index in [-0.39, 0.29) is 24.9 Å². The normalized spacial score (nSPS) is 10.1. The molecule has 0 saturated carbocycles. The molecule has 0 aliphatic carbocycles. The number of para-hydroxylation sites is 1. The summed E-state index contributed by atoms with van der Waals surface area (Å²) in [5.74, 6) is 1.74. The summed E-state index contributed by atoms with van der Waals surface area (Å²) in [5.41, 5.74) is 4.01. The number of hydrogen-bond acceptors (Lipinski definition) is 5. The van der Waals surface area contributed by atoms with Crippen molar-refractivity contribution in [1.29, 1.82) is 0 Å². The zero-order chi connectivity index (χ0) is 22.1. The van der Waals surface area contributed by atoms with Crippen LogP contribution in [-0.2, 0) is 17.9 Å². The molecule has 0 aromatic heterocycles. The van der Waals surface area contributed by atoms with Gasteiger partial charge in [-0.3, -0.25) is 4.79 Å². The minimum absolute atomic E-state index is 0. The van der Waals surface area contributed by atoms with Gasteiger partial charge in [-0.05, 0) is 42.8 Å². The van der Waals surface area contributed by atoms with Gasteiger partial charge in [0.25, 0.3) is 5.91 Å². The lowest BCUT2D eigenvalue weighted by Gasteiger charge is -2.13. The minimum atomic E-state index is -0.228. The summed E-state index contributed by atoms with van der Waals surface area (Å²) in [6, 6.07) is 21.2. The molecule has 0 bridgehead atoms. The summed E-state index contributed by atoms with van der Waals surface area (Å²) in [5, 5.41) is 6.22. The van der Waals surface area contributed by atoms with E-state index >= 15 is 0 Å². The fourth-order valence-electron chi connectivity index (χ4n) is 3.11. The lowest BCUT2D eigenvalue weighted by molar-refractivity contribution is -0.118. The Morgan fingerprint density at radius 3 is 2.28 bits per heavy atom. The Hall–Kier alpha value is -3.22. The van der Waals surface area contributed by atoms with Crippen LogP contribution in [0.4, 0.5) is 5.69 Å². The molecule has 1 amide bonds. The SMILES string of the molecule is COc1ccccc1CNCc1ccc(OCC(=O)Nc2ccc(C)cc2)c(OC)c1.Cl. The number of halogens is 1. The van der Waals surface area contributed by atoms with Crippen LogP contribution in [0.1, 0.15) is 16.7 Å². The van der Waals surface area contributed by atoms with Crippen LogP contribution in [0.25, 0.3) is 0 Å². The smallest absolute Gasteiger partial charge is 0.262 e. The average molecular weight is 457 g/mol. The lowest BCUT2D eigenvalue weighted by Crippen LogP contribution is -2.20. The topological polar surface area (TPSA) is 68.8 Å². The first-order chi connectivity index (χ1) is 15.1. The first-order valence-electron chi connectivity index (χ1n) is 10.1. The van der Waals surface area contributed by atoms with Crippen LogP contribution in [0.2, 0.25) is 0 Å². The van der Waals surface area contributed by atoms with E-state index in [2.05, 4.69) is 10.6 Å². The monoisotopic (exact) mass is 456 g/mol. The molecule has 32 heavy (non-hydrogen) atoms. The molecule has 2 N–H and O–H groups in total. The van der Waals surface area contributed by atoms with Crippen LogP contribution >= 0.6 is 12.4 Å². The van der Waals surface area contributed by atoms with Crippen molar-refractivity contribution in [1.82, 2.24) is 5.32 Å². The van der Waals surface area contributed by atoms with Crippen molar-refractivity contribution in [3.63, 3.8) is 0 Å². The summed E-state index contributed by atoms with van der Waals surface area (Å²) in [6.07, 6.45) is 0. The fraction of sp³-hybridized carbons (Fsp3) is 0.240. The third-order valence-electron chi connectivity index (χ3n) is 4.76. The van der Waals surface area contributed by atoms with Gasteiger partial charge in [0.05, 0.1) is 14.2 Å². The molecule has 170 valence electrons. The van der Waals surface area contributed by atoms with Crippen LogP contribution in [-0.4, -0.2) is 26.7 Å². The average Bonchev–Trinajstić information content (AvgIpc) is 2.80. The Bertz CT molecular complexity index is 1010. The second kappa shape index (κ2) is 12.6. The maximum absolute atomic E-state index is 12.2. The zero-order valence-electron chi connectivity index (χ0n) is 18.5. The van der Waals surface area contributed by atoms with Gasteiger partial charge >= 0.3 is 0 Å². The van der Waals surface area contributed by atoms with Crippen molar-refractivity contribution >= 4 is 24.0 Å². The van der Waals surface area contributed by atoms with Crippen LogP contribution in [0.3, 0.4) is 0 Å². The molecule has 0 spiro atoms. The second-order valence-corrected chi connectivity index (χ2v) is 7.10. The highest BCUT2D eigenvalue weighted by Gasteiger charge is 2.10. The van der Waals surface area contributed by atoms with Crippen molar-refractivity contribution in [3.05, 3.63) is 83.4 Å². The van der Waals surface area contributed by atoms with Crippen LogP contribution in [0.5, 0.6) is 17.2 Å². The molecule has 0 aliphatic heterocycles. The van der Waals surface area contributed by atoms with Crippen molar-refractivity contribution in [2.75, 3.05) is 26.1 Å². The number of hydrogen-bond donors (Lipinski definition) is 2. The summed E-state index contributed by atoms with van der Waals surface area (Å²) in [6.45, 7) is 3.24. The zero-order valence-corrected chi connectivity index (χ0v) is 19.3. The van der Waals surface area contributed by atoms with E-state index in [1.165, 1.54) is 0 Å². The molecule has 0 radical (unpaired) electrons. The van der Waals surface area contributed by atoms with E-state index in [9.17, 15) is 4.79 Å². The fourth-order valence-corrected chi connectivity index (χ4v) is 3.11. The first-order valence-corrected chi connectivity index (χ1v) is 10.1.